The van der Waals surface area contributed by atoms with Crippen LogP contribution in [0.5, 0.6) is 0 Å². The molecule has 0 aliphatic carbocycles. The molecule has 2 aliphatic heterocycles. The minimum absolute atomic E-state index is 0.0214. The number of nitrogens with zero attached hydrogens (tertiary/aromatic N) is 2. The summed E-state index contributed by atoms with van der Waals surface area (Å²) < 4.78 is 7.76. The van der Waals surface area contributed by atoms with E-state index in [1.54, 1.807) is 4.90 Å². The Labute approximate surface area is 181 Å². The molecule has 6 heteroatoms. The summed E-state index contributed by atoms with van der Waals surface area (Å²) in [7, 11) is 2.04. The second-order valence-electron chi connectivity index (χ2n) is 8.44. The first-order chi connectivity index (χ1) is 15.1. The first-order valence-electron chi connectivity index (χ1n) is 10.9. The van der Waals surface area contributed by atoms with Crippen LogP contribution in [0.2, 0.25) is 0 Å². The van der Waals surface area contributed by atoms with Crippen LogP contribution in [-0.2, 0) is 16.6 Å². The summed E-state index contributed by atoms with van der Waals surface area (Å²) in [5.41, 5.74) is 4.93. The smallest absolute Gasteiger partial charge is 0.255 e. The summed E-state index contributed by atoms with van der Waals surface area (Å²) in [4.78, 5) is 27.9. The molecule has 3 aromatic rings. The molecular formula is C25H27N3O3. The third kappa shape index (κ3) is 3.31. The number of nitrogens with one attached hydrogen (secondary N) is 1. The molecule has 3 heterocycles. The van der Waals surface area contributed by atoms with Crippen LogP contribution in [0.4, 0.5) is 0 Å². The Morgan fingerprint density at radius 2 is 1.94 bits per heavy atom. The van der Waals surface area contributed by atoms with E-state index in [0.717, 1.165) is 47.2 Å². The monoisotopic (exact) mass is 417 g/mol. The molecule has 6 nitrogen and oxygen atoms in total. The molecule has 0 radical (unpaired) electrons. The molecule has 2 amide bonds. The molecule has 0 bridgehead atoms. The highest BCUT2D eigenvalue weighted by molar-refractivity contribution is 6.02. The van der Waals surface area contributed by atoms with Crippen LogP contribution in [0.1, 0.15) is 46.1 Å². The Kier molecular flexibility index (Phi) is 5.02. The number of ether oxygens (including phenoxy) is 1. The van der Waals surface area contributed by atoms with Crippen molar-refractivity contribution in [2.45, 2.75) is 31.9 Å². The zero-order valence-electron chi connectivity index (χ0n) is 17.9. The molecule has 1 fully saturated rings. The fourth-order valence-corrected chi connectivity index (χ4v) is 4.98. The molecule has 1 aromatic heterocycles. The van der Waals surface area contributed by atoms with Crippen molar-refractivity contribution in [2.75, 3.05) is 19.7 Å². The van der Waals surface area contributed by atoms with Gasteiger partial charge in [0.1, 0.15) is 6.54 Å². The fraction of sp³-hybridized carbons (Fsp3) is 0.360. The summed E-state index contributed by atoms with van der Waals surface area (Å²) in [5, 5.41) is 4.08. The van der Waals surface area contributed by atoms with E-state index in [-0.39, 0.29) is 30.5 Å². The lowest BCUT2D eigenvalue weighted by Crippen LogP contribution is -2.41. The van der Waals surface area contributed by atoms with E-state index in [1.165, 1.54) is 0 Å². The van der Waals surface area contributed by atoms with Crippen molar-refractivity contribution in [3.63, 3.8) is 0 Å². The molecule has 0 spiro atoms. The zero-order valence-corrected chi connectivity index (χ0v) is 17.9. The van der Waals surface area contributed by atoms with E-state index < -0.39 is 0 Å². The van der Waals surface area contributed by atoms with Gasteiger partial charge in [-0.15, -0.1) is 0 Å². The minimum atomic E-state index is -0.289. The normalized spacial score (nSPS) is 20.5. The molecule has 2 aliphatic rings. The van der Waals surface area contributed by atoms with Gasteiger partial charge in [0.25, 0.3) is 5.91 Å². The quantitative estimate of drug-likeness (QED) is 0.693. The predicted molar refractivity (Wildman–Crippen MR) is 119 cm³/mol. The molecule has 160 valence electrons. The highest BCUT2D eigenvalue weighted by Crippen LogP contribution is 2.43. The average molecular weight is 418 g/mol. The highest BCUT2D eigenvalue weighted by Gasteiger charge is 2.40. The Morgan fingerprint density at radius 3 is 2.74 bits per heavy atom. The molecule has 0 unspecified atom stereocenters. The van der Waals surface area contributed by atoms with E-state index >= 15 is 0 Å². The van der Waals surface area contributed by atoms with Crippen LogP contribution < -0.4 is 5.32 Å². The lowest BCUT2D eigenvalue weighted by atomic mass is 9.95. The largest absolute Gasteiger partial charge is 0.376 e. The third-order valence-electron chi connectivity index (χ3n) is 6.65. The number of hydrogen-bond donors (Lipinski definition) is 1. The van der Waals surface area contributed by atoms with E-state index in [1.807, 2.05) is 43.4 Å². The maximum absolute atomic E-state index is 13.3. The Balaban J connectivity index is 1.51. The number of aryl methyl sites for hydroxylation is 1. The molecular weight excluding hydrogens is 390 g/mol. The third-order valence-corrected chi connectivity index (χ3v) is 6.65. The van der Waals surface area contributed by atoms with Gasteiger partial charge in [0.2, 0.25) is 5.91 Å². The lowest BCUT2D eigenvalue weighted by molar-refractivity contribution is -0.122. The van der Waals surface area contributed by atoms with Crippen molar-refractivity contribution >= 4 is 22.7 Å². The molecule has 5 rings (SSSR count). The summed E-state index contributed by atoms with van der Waals surface area (Å²) >= 11 is 0. The van der Waals surface area contributed by atoms with Crippen LogP contribution in [0, 0.1) is 6.92 Å². The predicted octanol–water partition coefficient (Wildman–Crippen LogP) is 3.33. The van der Waals surface area contributed by atoms with Crippen molar-refractivity contribution < 1.29 is 14.3 Å². The maximum atomic E-state index is 13.3. The molecule has 1 saturated heterocycles. The number of para-hydroxylation sites is 1. The number of hydrogen-bond acceptors (Lipinski definition) is 3. The lowest BCUT2D eigenvalue weighted by Gasteiger charge is -2.26. The van der Waals surface area contributed by atoms with Gasteiger partial charge >= 0.3 is 0 Å². The van der Waals surface area contributed by atoms with Gasteiger partial charge in [-0.1, -0.05) is 36.4 Å². The van der Waals surface area contributed by atoms with Gasteiger partial charge in [-0.3, -0.25) is 9.59 Å². The van der Waals surface area contributed by atoms with Crippen molar-refractivity contribution in [3.05, 3.63) is 70.9 Å². The summed E-state index contributed by atoms with van der Waals surface area (Å²) in [6, 6.07) is 15.6. The number of carbonyl (C=O) groups is 2. The Morgan fingerprint density at radius 1 is 1.16 bits per heavy atom. The standard InChI is InChI=1S/C25H27N3O3/c1-16-23(20-11-5-6-12-21(20)27(16)2)24-18-9-3-4-10-19(18)25(30)28(24)15-22(29)26-14-17-8-7-13-31-17/h3-6,9-12,17,24H,7-8,13-15H2,1-2H3,(H,26,29)/t17-,24+/m1/s1. The van der Waals surface area contributed by atoms with Crippen LogP contribution in [0.25, 0.3) is 10.9 Å². The van der Waals surface area contributed by atoms with Crippen LogP contribution in [0.3, 0.4) is 0 Å². The van der Waals surface area contributed by atoms with Gasteiger partial charge in [-0.2, -0.15) is 0 Å². The van der Waals surface area contributed by atoms with Gasteiger partial charge in [0.05, 0.1) is 12.1 Å². The number of amides is 2. The van der Waals surface area contributed by atoms with Gasteiger partial charge < -0.3 is 19.5 Å². The average Bonchev–Trinajstić information content (AvgIpc) is 3.46. The van der Waals surface area contributed by atoms with Gasteiger partial charge in [0, 0.05) is 47.9 Å². The maximum Gasteiger partial charge on any atom is 0.255 e. The summed E-state index contributed by atoms with van der Waals surface area (Å²) in [5.74, 6) is -0.250. The zero-order chi connectivity index (χ0) is 21.5. The van der Waals surface area contributed by atoms with E-state index in [4.69, 9.17) is 4.74 Å². The van der Waals surface area contributed by atoms with Gasteiger partial charge in [0.15, 0.2) is 0 Å². The first kappa shape index (κ1) is 19.8. The number of carbonyl (C=O) groups excluding carboxylic acids is 2. The van der Waals surface area contributed by atoms with Crippen molar-refractivity contribution in [2.24, 2.45) is 7.05 Å². The van der Waals surface area contributed by atoms with Crippen molar-refractivity contribution in [3.8, 4) is 0 Å². The topological polar surface area (TPSA) is 63.6 Å². The van der Waals surface area contributed by atoms with Gasteiger partial charge in [-0.25, -0.2) is 0 Å². The van der Waals surface area contributed by atoms with Crippen LogP contribution in [-0.4, -0.2) is 47.1 Å². The number of benzene rings is 2. The van der Waals surface area contributed by atoms with Crippen molar-refractivity contribution in [1.82, 2.24) is 14.8 Å². The van der Waals surface area contributed by atoms with Crippen molar-refractivity contribution in [1.29, 1.82) is 0 Å². The van der Waals surface area contributed by atoms with Crippen LogP contribution >= 0.6 is 0 Å². The Bertz CT molecular complexity index is 1160. The minimum Gasteiger partial charge on any atom is -0.376 e. The van der Waals surface area contributed by atoms with E-state index in [2.05, 4.69) is 28.9 Å². The summed E-state index contributed by atoms with van der Waals surface area (Å²) in [6.07, 6.45) is 2.07. The van der Waals surface area contributed by atoms with Gasteiger partial charge in [-0.05, 0) is 37.5 Å². The molecule has 1 N–H and O–H groups in total. The molecule has 31 heavy (non-hydrogen) atoms. The van der Waals surface area contributed by atoms with E-state index in [9.17, 15) is 9.59 Å². The second kappa shape index (κ2) is 7.85. The SMILES string of the molecule is Cc1c([C@@H]2c3ccccc3C(=O)N2CC(=O)NC[C@H]2CCCO2)c2ccccc2n1C. The first-order valence-corrected chi connectivity index (χ1v) is 10.9. The van der Waals surface area contributed by atoms with E-state index in [0.29, 0.717) is 12.1 Å². The number of aromatic nitrogens is 1. The second-order valence-corrected chi connectivity index (χ2v) is 8.44. The molecule has 2 atom stereocenters. The van der Waals surface area contributed by atoms with Crippen LogP contribution in [0.15, 0.2) is 48.5 Å². The fourth-order valence-electron chi connectivity index (χ4n) is 4.98. The molecule has 0 saturated carbocycles. The summed E-state index contributed by atoms with van der Waals surface area (Å²) in [6.45, 7) is 3.35. The highest BCUT2D eigenvalue weighted by atomic mass is 16.5. The number of rotatable bonds is 5. The number of fused-ring (bicyclic) bond motifs is 2. The molecule has 2 aromatic carbocycles. The Hall–Kier alpha value is -3.12.